The zero-order valence-electron chi connectivity index (χ0n) is 12.9. The largest absolute Gasteiger partial charge is 0.367 e. The van der Waals surface area contributed by atoms with Crippen molar-refractivity contribution in [1.82, 2.24) is 9.97 Å². The van der Waals surface area contributed by atoms with Crippen LogP contribution < -0.4 is 5.32 Å². The molecule has 0 unspecified atom stereocenters. The van der Waals surface area contributed by atoms with Crippen molar-refractivity contribution in [2.24, 2.45) is 0 Å². The summed E-state index contributed by atoms with van der Waals surface area (Å²) in [5.41, 5.74) is 2.24. The van der Waals surface area contributed by atoms with E-state index in [0.29, 0.717) is 12.5 Å². The van der Waals surface area contributed by atoms with E-state index in [-0.39, 0.29) is 0 Å². The van der Waals surface area contributed by atoms with Crippen LogP contribution in [0, 0.1) is 11.3 Å². The van der Waals surface area contributed by atoms with E-state index >= 15 is 0 Å². The molecule has 1 saturated carbocycles. The fourth-order valence-electron chi connectivity index (χ4n) is 3.19. The SMILES string of the molecule is N#CCCCc1ccc2ncnc(NC3CCCCC3)c2c1. The van der Waals surface area contributed by atoms with Gasteiger partial charge in [0.2, 0.25) is 0 Å². The maximum atomic E-state index is 8.66. The van der Waals surface area contributed by atoms with Gasteiger partial charge in [0.15, 0.2) is 0 Å². The highest BCUT2D eigenvalue weighted by atomic mass is 15.0. The van der Waals surface area contributed by atoms with Crippen molar-refractivity contribution in [2.75, 3.05) is 5.32 Å². The molecule has 1 aromatic heterocycles. The lowest BCUT2D eigenvalue weighted by Crippen LogP contribution is -2.23. The van der Waals surface area contributed by atoms with Gasteiger partial charge in [-0.3, -0.25) is 0 Å². The van der Waals surface area contributed by atoms with Gasteiger partial charge in [0.1, 0.15) is 12.1 Å². The smallest absolute Gasteiger partial charge is 0.137 e. The van der Waals surface area contributed by atoms with Crippen LogP contribution in [0.1, 0.15) is 50.5 Å². The van der Waals surface area contributed by atoms with Crippen molar-refractivity contribution in [3.63, 3.8) is 0 Å². The van der Waals surface area contributed by atoms with Crippen LogP contribution in [0.4, 0.5) is 5.82 Å². The van der Waals surface area contributed by atoms with E-state index < -0.39 is 0 Å². The molecule has 0 radical (unpaired) electrons. The minimum atomic E-state index is 0.536. The van der Waals surface area contributed by atoms with E-state index in [1.165, 1.54) is 37.7 Å². The first-order chi connectivity index (χ1) is 10.9. The molecule has 1 aromatic carbocycles. The molecule has 0 saturated heterocycles. The average Bonchev–Trinajstić information content (AvgIpc) is 2.57. The van der Waals surface area contributed by atoms with Crippen LogP contribution in [0.3, 0.4) is 0 Å². The second-order valence-electron chi connectivity index (χ2n) is 6.06. The second-order valence-corrected chi connectivity index (χ2v) is 6.06. The highest BCUT2D eigenvalue weighted by Gasteiger charge is 2.15. The van der Waals surface area contributed by atoms with E-state index in [1.54, 1.807) is 6.33 Å². The number of fused-ring (bicyclic) bond motifs is 1. The van der Waals surface area contributed by atoms with E-state index in [2.05, 4.69) is 39.6 Å². The van der Waals surface area contributed by atoms with Gasteiger partial charge in [0.05, 0.1) is 11.6 Å². The molecule has 1 fully saturated rings. The summed E-state index contributed by atoms with van der Waals surface area (Å²) in [7, 11) is 0. The number of anilines is 1. The molecule has 3 rings (SSSR count). The number of benzene rings is 1. The Hall–Kier alpha value is -2.15. The van der Waals surface area contributed by atoms with Crippen LogP contribution in [0.25, 0.3) is 10.9 Å². The number of aryl methyl sites for hydroxylation is 1. The minimum Gasteiger partial charge on any atom is -0.367 e. The van der Waals surface area contributed by atoms with Gasteiger partial charge in [-0.2, -0.15) is 5.26 Å². The number of hydrogen-bond donors (Lipinski definition) is 1. The molecular formula is C18H22N4. The summed E-state index contributed by atoms with van der Waals surface area (Å²) in [6.45, 7) is 0. The van der Waals surface area contributed by atoms with Gasteiger partial charge < -0.3 is 5.32 Å². The molecule has 114 valence electrons. The molecule has 4 nitrogen and oxygen atoms in total. The van der Waals surface area contributed by atoms with Gasteiger partial charge in [-0.1, -0.05) is 25.3 Å². The fraction of sp³-hybridized carbons (Fsp3) is 0.500. The topological polar surface area (TPSA) is 61.6 Å². The zero-order valence-corrected chi connectivity index (χ0v) is 12.9. The summed E-state index contributed by atoms with van der Waals surface area (Å²) >= 11 is 0. The number of rotatable bonds is 5. The first kappa shape index (κ1) is 14.8. The van der Waals surface area contributed by atoms with Crippen LogP contribution in [-0.2, 0) is 6.42 Å². The number of nitrogens with zero attached hydrogens (tertiary/aromatic N) is 3. The fourth-order valence-corrected chi connectivity index (χ4v) is 3.19. The summed E-state index contributed by atoms with van der Waals surface area (Å²) in [6, 6.07) is 9.09. The van der Waals surface area contributed by atoms with Crippen LogP contribution >= 0.6 is 0 Å². The van der Waals surface area contributed by atoms with E-state index in [4.69, 9.17) is 5.26 Å². The number of aromatic nitrogens is 2. The number of hydrogen-bond acceptors (Lipinski definition) is 4. The van der Waals surface area contributed by atoms with Crippen molar-refractivity contribution in [3.8, 4) is 6.07 Å². The Morgan fingerprint density at radius 3 is 2.86 bits per heavy atom. The Kier molecular flexibility index (Phi) is 4.85. The number of unbranched alkanes of at least 4 members (excludes halogenated alkanes) is 1. The molecular weight excluding hydrogens is 272 g/mol. The molecule has 2 aromatic rings. The zero-order chi connectivity index (χ0) is 15.2. The van der Waals surface area contributed by atoms with Crippen molar-refractivity contribution in [2.45, 2.75) is 57.4 Å². The van der Waals surface area contributed by atoms with Crippen molar-refractivity contribution in [1.29, 1.82) is 5.26 Å². The quantitative estimate of drug-likeness (QED) is 0.839. The van der Waals surface area contributed by atoms with Gasteiger partial charge in [-0.25, -0.2) is 9.97 Å². The van der Waals surface area contributed by atoms with Gasteiger partial charge in [-0.15, -0.1) is 0 Å². The Labute approximate surface area is 131 Å². The van der Waals surface area contributed by atoms with E-state index in [0.717, 1.165) is 29.6 Å². The third-order valence-electron chi connectivity index (χ3n) is 4.40. The highest BCUT2D eigenvalue weighted by Crippen LogP contribution is 2.26. The normalized spacial score (nSPS) is 15.6. The van der Waals surface area contributed by atoms with Crippen molar-refractivity contribution in [3.05, 3.63) is 30.1 Å². The van der Waals surface area contributed by atoms with Crippen LogP contribution in [0.2, 0.25) is 0 Å². The molecule has 1 aliphatic carbocycles. The Morgan fingerprint density at radius 2 is 2.05 bits per heavy atom. The number of nitrogens with one attached hydrogen (secondary N) is 1. The Bertz CT molecular complexity index is 668. The molecule has 0 bridgehead atoms. The van der Waals surface area contributed by atoms with Gasteiger partial charge in [0.25, 0.3) is 0 Å². The predicted octanol–water partition coefficient (Wildman–Crippen LogP) is 4.22. The molecule has 1 heterocycles. The second kappa shape index (κ2) is 7.22. The van der Waals surface area contributed by atoms with E-state index in [9.17, 15) is 0 Å². The van der Waals surface area contributed by atoms with Gasteiger partial charge >= 0.3 is 0 Å². The standard InChI is InChI=1S/C18H22N4/c19-11-5-4-6-14-9-10-17-16(12-14)18(21-13-20-17)22-15-7-2-1-3-8-15/h9-10,12-13,15H,1-8H2,(H,20,21,22). The molecule has 0 atom stereocenters. The van der Waals surface area contributed by atoms with Crippen LogP contribution in [0.15, 0.2) is 24.5 Å². The van der Waals surface area contributed by atoms with E-state index in [1.807, 2.05) is 0 Å². The Morgan fingerprint density at radius 1 is 1.18 bits per heavy atom. The van der Waals surface area contributed by atoms with Gasteiger partial charge in [-0.05, 0) is 43.4 Å². The van der Waals surface area contributed by atoms with Crippen LogP contribution in [0.5, 0.6) is 0 Å². The first-order valence-electron chi connectivity index (χ1n) is 8.24. The molecule has 1 N–H and O–H groups in total. The summed E-state index contributed by atoms with van der Waals surface area (Å²) in [6.07, 6.45) is 10.5. The molecule has 4 heteroatoms. The van der Waals surface area contributed by atoms with Crippen molar-refractivity contribution < 1.29 is 0 Å². The summed E-state index contributed by atoms with van der Waals surface area (Å²) in [5, 5.41) is 13.4. The van der Waals surface area contributed by atoms with Gasteiger partial charge in [0, 0.05) is 17.8 Å². The summed E-state index contributed by atoms with van der Waals surface area (Å²) in [5.74, 6) is 0.957. The number of nitriles is 1. The maximum absolute atomic E-state index is 8.66. The molecule has 22 heavy (non-hydrogen) atoms. The molecule has 0 amide bonds. The monoisotopic (exact) mass is 294 g/mol. The lowest BCUT2D eigenvalue weighted by molar-refractivity contribution is 0.462. The summed E-state index contributed by atoms with van der Waals surface area (Å²) < 4.78 is 0. The lowest BCUT2D eigenvalue weighted by Gasteiger charge is -2.23. The maximum Gasteiger partial charge on any atom is 0.137 e. The Balaban J connectivity index is 1.82. The third-order valence-corrected chi connectivity index (χ3v) is 4.40. The lowest BCUT2D eigenvalue weighted by atomic mass is 9.95. The van der Waals surface area contributed by atoms with Crippen molar-refractivity contribution >= 4 is 16.7 Å². The van der Waals surface area contributed by atoms with Crippen LogP contribution in [-0.4, -0.2) is 16.0 Å². The molecule has 0 aliphatic heterocycles. The molecule has 0 spiro atoms. The summed E-state index contributed by atoms with van der Waals surface area (Å²) in [4.78, 5) is 8.83. The average molecular weight is 294 g/mol. The first-order valence-corrected chi connectivity index (χ1v) is 8.24. The highest BCUT2D eigenvalue weighted by molar-refractivity contribution is 5.89. The molecule has 1 aliphatic rings. The minimum absolute atomic E-state index is 0.536. The third kappa shape index (κ3) is 3.54. The predicted molar refractivity (Wildman–Crippen MR) is 88.6 cm³/mol.